The van der Waals surface area contributed by atoms with Crippen molar-refractivity contribution in [2.24, 2.45) is 17.1 Å². The second kappa shape index (κ2) is 16.2. The Labute approximate surface area is 374 Å². The SMILES string of the molecule is CC[C@]1(O)CC2CN(CCc3c([nH]c4ccccc34)[C@@](C(=O)OC)(c3cc4c(cc3OC)N(C)[C@@H]3C45CCN4CC=C[C@](CC)([C@H]45)[C@@H](O)[C@]3(O)C(=O)NC/C=C/[C@@H](O)[C@@H](N)CO)C2)C1. The third-order valence-electron chi connectivity index (χ3n) is 16.6. The Balaban J connectivity index is 1.27. The van der Waals surface area contributed by atoms with Crippen LogP contribution in [-0.2, 0) is 31.6 Å². The molecule has 6 aliphatic rings. The number of piperidine rings is 1. The first kappa shape index (κ1) is 44.9. The highest BCUT2D eigenvalue weighted by atomic mass is 16.5. The highest BCUT2D eigenvalue weighted by Crippen LogP contribution is 2.67. The van der Waals surface area contributed by atoms with Crippen LogP contribution in [0.5, 0.6) is 5.75 Å². The Bertz CT molecular complexity index is 2370. The first-order chi connectivity index (χ1) is 30.6. The molecule has 1 amide bonds. The van der Waals surface area contributed by atoms with Gasteiger partial charge in [0.25, 0.3) is 5.91 Å². The van der Waals surface area contributed by atoms with E-state index in [2.05, 4.69) is 32.2 Å². The van der Waals surface area contributed by atoms with Crippen LogP contribution in [0.25, 0.3) is 10.9 Å². The largest absolute Gasteiger partial charge is 0.496 e. The number of aromatic amines is 1. The number of hydrogen-bond donors (Lipinski definition) is 8. The third kappa shape index (κ3) is 6.21. The number of anilines is 1. The van der Waals surface area contributed by atoms with Gasteiger partial charge in [0, 0.05) is 90.6 Å². The average Bonchev–Trinajstić information content (AvgIpc) is 3.97. The molecule has 64 heavy (non-hydrogen) atoms. The van der Waals surface area contributed by atoms with E-state index in [1.165, 1.54) is 19.3 Å². The van der Waals surface area contributed by atoms with Gasteiger partial charge in [0.15, 0.2) is 5.60 Å². The third-order valence-corrected chi connectivity index (χ3v) is 16.6. The number of aromatic nitrogens is 1. The molecular weight excluding hydrogens is 817 g/mol. The lowest BCUT2D eigenvalue weighted by Gasteiger charge is -2.63. The number of methoxy groups -OCH3 is 2. The van der Waals surface area contributed by atoms with Crippen molar-refractivity contribution >= 4 is 28.5 Å². The van der Waals surface area contributed by atoms with Gasteiger partial charge in [-0.2, -0.15) is 0 Å². The Morgan fingerprint density at radius 2 is 1.86 bits per heavy atom. The zero-order valence-electron chi connectivity index (χ0n) is 37.7. The van der Waals surface area contributed by atoms with Crippen molar-refractivity contribution in [3.05, 3.63) is 83.1 Å². The molecule has 2 bridgehead atoms. The molecule has 1 saturated carbocycles. The maximum Gasteiger partial charge on any atom is 0.322 e. The fraction of sp³-hybridized carbons (Fsp3) is 0.592. The molecule has 12 atom stereocenters. The summed E-state index contributed by atoms with van der Waals surface area (Å²) in [7, 11) is 4.86. The van der Waals surface area contributed by atoms with Gasteiger partial charge in [0.2, 0.25) is 0 Å². The Morgan fingerprint density at radius 1 is 1.08 bits per heavy atom. The van der Waals surface area contributed by atoms with E-state index < -0.39 is 70.2 Å². The van der Waals surface area contributed by atoms with E-state index in [-0.39, 0.29) is 18.5 Å². The Kier molecular flexibility index (Phi) is 11.4. The number of nitrogens with one attached hydrogen (secondary N) is 2. The summed E-state index contributed by atoms with van der Waals surface area (Å²) in [5, 5.41) is 61.8. The van der Waals surface area contributed by atoms with Crippen molar-refractivity contribution in [1.82, 2.24) is 20.1 Å². The van der Waals surface area contributed by atoms with Crippen molar-refractivity contribution in [2.75, 3.05) is 72.0 Å². The molecule has 2 saturated heterocycles. The molecule has 346 valence electrons. The zero-order chi connectivity index (χ0) is 45.6. The first-order valence-electron chi connectivity index (χ1n) is 23.0. The van der Waals surface area contributed by atoms with E-state index in [1.807, 2.05) is 62.2 Å². The number of H-pyrrole nitrogens is 1. The van der Waals surface area contributed by atoms with Crippen molar-refractivity contribution in [3.63, 3.8) is 0 Å². The number of amides is 1. The summed E-state index contributed by atoms with van der Waals surface area (Å²) >= 11 is 0. The molecule has 3 fully saturated rings. The lowest BCUT2D eigenvalue weighted by Crippen LogP contribution is -2.81. The van der Waals surface area contributed by atoms with Gasteiger partial charge in [-0.25, -0.2) is 0 Å². The van der Waals surface area contributed by atoms with Crippen molar-refractivity contribution in [2.45, 2.75) is 105 Å². The molecule has 15 nitrogen and oxygen atoms in total. The van der Waals surface area contributed by atoms with Gasteiger partial charge in [-0.15, -0.1) is 0 Å². The molecule has 3 unspecified atom stereocenters. The number of benzene rings is 2. The number of carbonyl (C=O) groups excluding carboxylic acids is 2. The van der Waals surface area contributed by atoms with Crippen molar-refractivity contribution < 1.29 is 44.6 Å². The average molecular weight is 883 g/mol. The number of nitrogens with two attached hydrogens (primary N) is 1. The quantitative estimate of drug-likeness (QED) is 0.102. The van der Waals surface area contributed by atoms with Gasteiger partial charge in [0.1, 0.15) is 17.3 Å². The molecule has 1 aromatic heterocycles. The predicted octanol–water partition coefficient (Wildman–Crippen LogP) is 1.60. The molecule has 15 heteroatoms. The first-order valence-corrected chi connectivity index (χ1v) is 23.0. The maximum atomic E-state index is 15.4. The number of para-hydroxylation sites is 1. The van der Waals surface area contributed by atoms with Crippen LogP contribution >= 0.6 is 0 Å². The second-order valence-corrected chi connectivity index (χ2v) is 19.6. The Hall–Kier alpha value is -4.32. The van der Waals surface area contributed by atoms with E-state index in [1.54, 1.807) is 7.11 Å². The van der Waals surface area contributed by atoms with E-state index in [9.17, 15) is 30.3 Å². The summed E-state index contributed by atoms with van der Waals surface area (Å²) in [5.41, 5.74) is 3.85. The lowest BCUT2D eigenvalue weighted by molar-refractivity contribution is -0.203. The summed E-state index contributed by atoms with van der Waals surface area (Å²) in [6.45, 7) is 6.70. The number of ether oxygens (including phenoxy) is 2. The van der Waals surface area contributed by atoms with Gasteiger partial charge in [-0.1, -0.05) is 56.4 Å². The molecule has 2 aromatic carbocycles. The van der Waals surface area contributed by atoms with Crippen LogP contribution in [0.15, 0.2) is 60.7 Å². The summed E-state index contributed by atoms with van der Waals surface area (Å²) in [4.78, 5) is 40.6. The molecule has 6 heterocycles. The number of fused-ring (bicyclic) bond motifs is 6. The number of rotatable bonds is 11. The van der Waals surface area contributed by atoms with Gasteiger partial charge >= 0.3 is 5.97 Å². The fourth-order valence-corrected chi connectivity index (χ4v) is 13.8. The number of aliphatic hydroxyl groups excluding tert-OH is 3. The van der Waals surface area contributed by atoms with Gasteiger partial charge < -0.3 is 55.9 Å². The minimum atomic E-state index is -2.36. The molecule has 1 spiro atoms. The topological polar surface area (TPSA) is 217 Å². The number of aliphatic hydroxyl groups is 5. The van der Waals surface area contributed by atoms with E-state index in [4.69, 9.17) is 15.2 Å². The highest BCUT2D eigenvalue weighted by Gasteiger charge is 2.78. The fourth-order valence-electron chi connectivity index (χ4n) is 13.8. The maximum absolute atomic E-state index is 15.4. The number of esters is 1. The number of carbonyl (C=O) groups is 2. The van der Waals surface area contributed by atoms with Gasteiger partial charge in [0.05, 0.1) is 44.6 Å². The summed E-state index contributed by atoms with van der Waals surface area (Å²) in [6, 6.07) is 9.92. The number of hydrogen-bond acceptors (Lipinski definition) is 13. The molecule has 0 radical (unpaired) electrons. The summed E-state index contributed by atoms with van der Waals surface area (Å²) < 4.78 is 12.3. The molecule has 3 aromatic rings. The summed E-state index contributed by atoms with van der Waals surface area (Å²) in [6.07, 6.45) is 7.23. The molecule has 9 rings (SSSR count). The molecular formula is C49H66N6O9. The van der Waals surface area contributed by atoms with E-state index >= 15 is 4.79 Å². The normalized spacial score (nSPS) is 36.3. The van der Waals surface area contributed by atoms with Crippen LogP contribution in [-0.4, -0.2) is 161 Å². The predicted molar refractivity (Wildman–Crippen MR) is 242 cm³/mol. The Morgan fingerprint density at radius 3 is 2.58 bits per heavy atom. The smallest absolute Gasteiger partial charge is 0.322 e. The number of nitrogens with zero attached hydrogens (tertiary/aromatic N) is 3. The standard InChI is InChI=1S/C49H66N6O9/c1-6-45(61)24-29-25-48(44(60)64-5,39-31(15-20-54(26-29)28-45)30-12-8-9-13-35(30)52-39)33-22-32-36(23-38(33)63-4)53(3)41-47(32)17-21-55-19-11-16-46(7-2,40(47)55)42(58)49(41,62)43(59)51-18-10-14-37(57)34(50)27-56/h8-14,16,22-23,29,34,37,40-42,52,56-58,61-62H,6-7,15,17-21,24-28,50H2,1-5H3,(H,51,59)/b14-10+/t29?,34-,37+,40-,41+,42+,45-,46+,47?,48-,49-/m0/s1. The van der Waals surface area contributed by atoms with Gasteiger partial charge in [-0.05, 0) is 74.2 Å². The lowest BCUT2D eigenvalue weighted by atomic mass is 9.47. The molecule has 9 N–H and O–H groups in total. The van der Waals surface area contributed by atoms with Crippen LogP contribution < -0.4 is 20.7 Å². The molecule has 1 aliphatic carbocycles. The zero-order valence-corrected chi connectivity index (χ0v) is 37.7. The summed E-state index contributed by atoms with van der Waals surface area (Å²) in [5.74, 6) is -0.900. The van der Waals surface area contributed by atoms with Crippen molar-refractivity contribution in [1.29, 1.82) is 0 Å². The number of likely N-dealkylation sites (N-methyl/N-ethyl adjacent to an activating group) is 1. The highest BCUT2D eigenvalue weighted by molar-refractivity contribution is 5.95. The van der Waals surface area contributed by atoms with Crippen LogP contribution in [0, 0.1) is 11.3 Å². The molecule has 5 aliphatic heterocycles. The van der Waals surface area contributed by atoms with Crippen LogP contribution in [0.2, 0.25) is 0 Å². The van der Waals surface area contributed by atoms with E-state index in [0.29, 0.717) is 82.6 Å². The van der Waals surface area contributed by atoms with Gasteiger partial charge in [-0.3, -0.25) is 19.4 Å². The minimum absolute atomic E-state index is 0.0812. The second-order valence-electron chi connectivity index (χ2n) is 19.6. The van der Waals surface area contributed by atoms with Crippen molar-refractivity contribution in [3.8, 4) is 5.75 Å². The van der Waals surface area contributed by atoms with Crippen LogP contribution in [0.1, 0.15) is 68.3 Å². The van der Waals surface area contributed by atoms with Crippen LogP contribution in [0.3, 0.4) is 0 Å². The monoisotopic (exact) mass is 882 g/mol. The minimum Gasteiger partial charge on any atom is -0.496 e. The van der Waals surface area contributed by atoms with Crippen LogP contribution in [0.4, 0.5) is 5.69 Å². The van der Waals surface area contributed by atoms with E-state index in [0.717, 1.165) is 33.4 Å².